The Morgan fingerprint density at radius 2 is 1.43 bits per heavy atom. The number of rotatable bonds is 7. The highest BCUT2D eigenvalue weighted by Gasteiger charge is 2.12. The fourth-order valence-corrected chi connectivity index (χ4v) is 2.50. The summed E-state index contributed by atoms with van der Waals surface area (Å²) in [4.78, 5) is 0. The van der Waals surface area contributed by atoms with Gasteiger partial charge < -0.3 is 14.2 Å². The molecule has 2 rings (SSSR count). The molecule has 0 spiro atoms. The van der Waals surface area contributed by atoms with Gasteiger partial charge in [0.05, 0.1) is 33.3 Å². The van der Waals surface area contributed by atoms with Gasteiger partial charge in [0.2, 0.25) is 0 Å². The molecule has 0 aliphatic heterocycles. The minimum atomic E-state index is -0.0958. The zero-order valence-electron chi connectivity index (χ0n) is 13.7. The van der Waals surface area contributed by atoms with Crippen molar-refractivity contribution in [2.75, 3.05) is 21.3 Å². The first-order chi connectivity index (χ1) is 11.2. The molecule has 0 N–H and O–H groups in total. The quantitative estimate of drug-likeness (QED) is 0.783. The number of methoxy groups -OCH3 is 3. The van der Waals surface area contributed by atoms with Crippen LogP contribution >= 0.6 is 0 Å². The molecule has 0 fully saturated rings. The highest BCUT2D eigenvalue weighted by atomic mass is 16.5. The number of nitriles is 1. The van der Waals surface area contributed by atoms with E-state index in [1.165, 1.54) is 0 Å². The van der Waals surface area contributed by atoms with E-state index in [1.807, 2.05) is 42.5 Å². The van der Waals surface area contributed by atoms with Crippen LogP contribution in [0.5, 0.6) is 17.2 Å². The third-order valence-electron chi connectivity index (χ3n) is 3.75. The minimum absolute atomic E-state index is 0.0958. The third kappa shape index (κ3) is 4.40. The minimum Gasteiger partial charge on any atom is -0.497 e. The molecule has 0 saturated carbocycles. The van der Waals surface area contributed by atoms with Gasteiger partial charge in [-0.2, -0.15) is 5.26 Å². The van der Waals surface area contributed by atoms with Crippen molar-refractivity contribution in [1.82, 2.24) is 0 Å². The van der Waals surface area contributed by atoms with Crippen LogP contribution in [0.3, 0.4) is 0 Å². The molecule has 0 aromatic heterocycles. The summed E-state index contributed by atoms with van der Waals surface area (Å²) in [5, 5.41) is 9.45. The van der Waals surface area contributed by atoms with Gasteiger partial charge in [-0.25, -0.2) is 0 Å². The topological polar surface area (TPSA) is 51.5 Å². The zero-order valence-corrected chi connectivity index (χ0v) is 13.7. The molecule has 0 radical (unpaired) electrons. The molecule has 0 unspecified atom stereocenters. The van der Waals surface area contributed by atoms with E-state index in [9.17, 15) is 5.26 Å². The van der Waals surface area contributed by atoms with Crippen LogP contribution in [-0.2, 0) is 12.8 Å². The second-order valence-electron chi connectivity index (χ2n) is 5.27. The summed E-state index contributed by atoms with van der Waals surface area (Å²) in [6.07, 6.45) is 1.37. The average Bonchev–Trinajstić information content (AvgIpc) is 2.61. The molecular weight excluding hydrogens is 290 g/mol. The lowest BCUT2D eigenvalue weighted by Crippen LogP contribution is -2.06. The van der Waals surface area contributed by atoms with E-state index < -0.39 is 0 Å². The number of nitrogens with zero attached hydrogens (tertiary/aromatic N) is 1. The molecule has 4 nitrogen and oxygen atoms in total. The molecule has 2 aromatic rings. The molecule has 0 bridgehead atoms. The SMILES string of the molecule is COc1ccc(C[C@H](C#N)Cc2ccc(OC)c(OC)c2)cc1. The van der Waals surface area contributed by atoms with Gasteiger partial charge in [0.15, 0.2) is 11.5 Å². The van der Waals surface area contributed by atoms with Crippen molar-refractivity contribution in [1.29, 1.82) is 5.26 Å². The second kappa shape index (κ2) is 8.09. The Labute approximate surface area is 137 Å². The van der Waals surface area contributed by atoms with Crippen LogP contribution in [0.4, 0.5) is 0 Å². The van der Waals surface area contributed by atoms with Gasteiger partial charge in [0.1, 0.15) is 5.75 Å². The zero-order chi connectivity index (χ0) is 16.7. The van der Waals surface area contributed by atoms with Gasteiger partial charge in [-0.15, -0.1) is 0 Å². The maximum Gasteiger partial charge on any atom is 0.160 e. The molecule has 0 heterocycles. The van der Waals surface area contributed by atoms with Crippen molar-refractivity contribution < 1.29 is 14.2 Å². The molecule has 120 valence electrons. The lowest BCUT2D eigenvalue weighted by Gasteiger charge is -2.12. The van der Waals surface area contributed by atoms with E-state index in [2.05, 4.69) is 6.07 Å². The molecule has 0 aliphatic rings. The van der Waals surface area contributed by atoms with E-state index in [-0.39, 0.29) is 5.92 Å². The van der Waals surface area contributed by atoms with E-state index in [0.717, 1.165) is 16.9 Å². The molecule has 23 heavy (non-hydrogen) atoms. The van der Waals surface area contributed by atoms with Gasteiger partial charge >= 0.3 is 0 Å². The number of hydrogen-bond acceptors (Lipinski definition) is 4. The van der Waals surface area contributed by atoms with Crippen LogP contribution in [0.15, 0.2) is 42.5 Å². The molecular formula is C19H21NO3. The Bertz CT molecular complexity index is 674. The third-order valence-corrected chi connectivity index (χ3v) is 3.75. The first-order valence-corrected chi connectivity index (χ1v) is 7.43. The Hall–Kier alpha value is -2.67. The van der Waals surface area contributed by atoms with Crippen LogP contribution in [0.25, 0.3) is 0 Å². The Kier molecular flexibility index (Phi) is 5.87. The van der Waals surface area contributed by atoms with Crippen molar-refractivity contribution in [3.8, 4) is 23.3 Å². The summed E-state index contributed by atoms with van der Waals surface area (Å²) in [6.45, 7) is 0. The fraction of sp³-hybridized carbons (Fsp3) is 0.316. The van der Waals surface area contributed by atoms with E-state index in [4.69, 9.17) is 14.2 Å². The predicted molar refractivity (Wildman–Crippen MR) is 89.1 cm³/mol. The fourth-order valence-electron chi connectivity index (χ4n) is 2.50. The number of hydrogen-bond donors (Lipinski definition) is 0. The first-order valence-electron chi connectivity index (χ1n) is 7.43. The van der Waals surface area contributed by atoms with Gasteiger partial charge in [-0.05, 0) is 48.2 Å². The summed E-state index contributed by atoms with van der Waals surface area (Å²) < 4.78 is 15.7. The van der Waals surface area contributed by atoms with Crippen LogP contribution < -0.4 is 14.2 Å². The smallest absolute Gasteiger partial charge is 0.160 e. The largest absolute Gasteiger partial charge is 0.497 e. The highest BCUT2D eigenvalue weighted by Crippen LogP contribution is 2.29. The van der Waals surface area contributed by atoms with Crippen molar-refractivity contribution in [3.63, 3.8) is 0 Å². The first kappa shape index (κ1) is 16.7. The lowest BCUT2D eigenvalue weighted by atomic mass is 9.93. The highest BCUT2D eigenvalue weighted by molar-refractivity contribution is 5.43. The predicted octanol–water partition coefficient (Wildman–Crippen LogP) is 3.64. The lowest BCUT2D eigenvalue weighted by molar-refractivity contribution is 0.354. The van der Waals surface area contributed by atoms with Gasteiger partial charge in [-0.1, -0.05) is 18.2 Å². The van der Waals surface area contributed by atoms with Crippen molar-refractivity contribution >= 4 is 0 Å². The standard InChI is InChI=1S/C19H21NO3/c1-21-17-7-4-14(5-8-17)10-16(13-20)11-15-6-9-18(22-2)19(12-15)23-3/h4-9,12,16H,10-11H2,1-3H3/t16-/m0/s1. The van der Waals surface area contributed by atoms with Crippen LogP contribution in [0, 0.1) is 17.2 Å². The number of benzene rings is 2. The van der Waals surface area contributed by atoms with Gasteiger partial charge in [0, 0.05) is 0 Å². The number of ether oxygens (including phenoxy) is 3. The molecule has 0 amide bonds. The summed E-state index contributed by atoms with van der Waals surface area (Å²) >= 11 is 0. The maximum atomic E-state index is 9.45. The summed E-state index contributed by atoms with van der Waals surface area (Å²) in [7, 11) is 4.87. The van der Waals surface area contributed by atoms with Crippen LogP contribution in [-0.4, -0.2) is 21.3 Å². The second-order valence-corrected chi connectivity index (χ2v) is 5.27. The van der Waals surface area contributed by atoms with Crippen LogP contribution in [0.1, 0.15) is 11.1 Å². The Morgan fingerprint density at radius 3 is 2.00 bits per heavy atom. The summed E-state index contributed by atoms with van der Waals surface area (Å²) in [6, 6.07) is 16.0. The van der Waals surface area contributed by atoms with Crippen molar-refractivity contribution in [2.45, 2.75) is 12.8 Å². The molecule has 4 heteroatoms. The van der Waals surface area contributed by atoms with Gasteiger partial charge in [-0.3, -0.25) is 0 Å². The molecule has 0 saturated heterocycles. The van der Waals surface area contributed by atoms with Gasteiger partial charge in [0.25, 0.3) is 0 Å². The monoisotopic (exact) mass is 311 g/mol. The van der Waals surface area contributed by atoms with E-state index in [1.54, 1.807) is 21.3 Å². The Balaban J connectivity index is 2.08. The Morgan fingerprint density at radius 1 is 0.826 bits per heavy atom. The molecule has 0 aliphatic carbocycles. The average molecular weight is 311 g/mol. The normalized spacial score (nSPS) is 11.4. The van der Waals surface area contributed by atoms with E-state index >= 15 is 0 Å². The van der Waals surface area contributed by atoms with Crippen molar-refractivity contribution in [2.24, 2.45) is 5.92 Å². The van der Waals surface area contributed by atoms with Crippen molar-refractivity contribution in [3.05, 3.63) is 53.6 Å². The summed E-state index contributed by atoms with van der Waals surface area (Å²) in [5.41, 5.74) is 2.18. The van der Waals surface area contributed by atoms with E-state index in [0.29, 0.717) is 24.3 Å². The maximum absolute atomic E-state index is 9.45. The molecule has 2 aromatic carbocycles. The summed E-state index contributed by atoms with van der Waals surface area (Å²) in [5.74, 6) is 2.11. The van der Waals surface area contributed by atoms with Crippen LogP contribution in [0.2, 0.25) is 0 Å². The molecule has 1 atom stereocenters.